The van der Waals surface area contributed by atoms with Crippen molar-refractivity contribution >= 4 is 17.7 Å². The Morgan fingerprint density at radius 2 is 2.14 bits per heavy atom. The van der Waals surface area contributed by atoms with E-state index >= 15 is 0 Å². The molecule has 1 saturated carbocycles. The van der Waals surface area contributed by atoms with Crippen molar-refractivity contribution in [3.05, 3.63) is 0 Å². The number of nitrogens with two attached hydrogens (primary N) is 1. The van der Waals surface area contributed by atoms with Crippen molar-refractivity contribution < 1.29 is 4.79 Å². The van der Waals surface area contributed by atoms with Crippen LogP contribution in [0.4, 0.5) is 0 Å². The third-order valence-corrected chi connectivity index (χ3v) is 4.03. The Morgan fingerprint density at radius 1 is 1.43 bits per heavy atom. The fourth-order valence-corrected chi connectivity index (χ4v) is 3.19. The molecule has 2 aliphatic rings. The molecule has 2 rings (SSSR count). The van der Waals surface area contributed by atoms with Gasteiger partial charge in [-0.2, -0.15) is 11.8 Å². The molecule has 1 saturated heterocycles. The highest BCUT2D eigenvalue weighted by atomic mass is 32.2. The monoisotopic (exact) mass is 214 g/mol. The van der Waals surface area contributed by atoms with Crippen molar-refractivity contribution in [3.63, 3.8) is 0 Å². The summed E-state index contributed by atoms with van der Waals surface area (Å²) in [5.74, 6) is 2.45. The highest BCUT2D eigenvalue weighted by Crippen LogP contribution is 2.33. The van der Waals surface area contributed by atoms with Gasteiger partial charge in [0.1, 0.15) is 0 Å². The fourth-order valence-electron chi connectivity index (χ4n) is 1.99. The maximum Gasteiger partial charge on any atom is 0.239 e. The molecule has 2 N–H and O–H groups in total. The molecule has 0 unspecified atom stereocenters. The van der Waals surface area contributed by atoms with Crippen LogP contribution in [0, 0.1) is 0 Å². The highest BCUT2D eigenvalue weighted by molar-refractivity contribution is 7.99. The quantitative estimate of drug-likeness (QED) is 0.757. The lowest BCUT2D eigenvalue weighted by Gasteiger charge is -2.30. The number of carbonyl (C=O) groups is 1. The second kappa shape index (κ2) is 4.11. The van der Waals surface area contributed by atoms with Gasteiger partial charge < -0.3 is 10.6 Å². The molecule has 0 aromatic carbocycles. The Kier molecular flexibility index (Phi) is 3.02. The Balaban J connectivity index is 2.02. The molecule has 3 nitrogen and oxygen atoms in total. The topological polar surface area (TPSA) is 46.3 Å². The first-order valence-corrected chi connectivity index (χ1v) is 6.51. The molecule has 2 fully saturated rings. The van der Waals surface area contributed by atoms with Crippen LogP contribution in [0.15, 0.2) is 0 Å². The van der Waals surface area contributed by atoms with Crippen molar-refractivity contribution in [2.75, 3.05) is 11.5 Å². The van der Waals surface area contributed by atoms with Gasteiger partial charge in [-0.1, -0.05) is 0 Å². The molecule has 80 valence electrons. The van der Waals surface area contributed by atoms with E-state index in [1.54, 1.807) is 6.92 Å². The third-order valence-electron chi connectivity index (χ3n) is 2.88. The van der Waals surface area contributed by atoms with Crippen LogP contribution in [0.5, 0.6) is 0 Å². The van der Waals surface area contributed by atoms with Crippen LogP contribution >= 0.6 is 11.8 Å². The van der Waals surface area contributed by atoms with E-state index in [0.717, 1.165) is 12.2 Å². The average Bonchev–Trinajstić information content (AvgIpc) is 2.81. The van der Waals surface area contributed by atoms with Crippen molar-refractivity contribution in [2.24, 2.45) is 5.73 Å². The minimum Gasteiger partial charge on any atom is -0.335 e. The number of hydrogen-bond acceptors (Lipinski definition) is 3. The van der Waals surface area contributed by atoms with Gasteiger partial charge in [0.05, 0.1) is 6.04 Å². The van der Waals surface area contributed by atoms with Gasteiger partial charge in [0.2, 0.25) is 5.91 Å². The smallest absolute Gasteiger partial charge is 0.239 e. The second-order valence-corrected chi connectivity index (χ2v) is 5.43. The maximum absolute atomic E-state index is 11.9. The minimum absolute atomic E-state index is 0.153. The summed E-state index contributed by atoms with van der Waals surface area (Å²) in [5.41, 5.74) is 5.67. The first-order valence-electron chi connectivity index (χ1n) is 5.35. The number of thioether (sulfide) groups is 1. The van der Waals surface area contributed by atoms with Gasteiger partial charge in [-0.3, -0.25) is 4.79 Å². The number of rotatable bonds is 3. The van der Waals surface area contributed by atoms with Crippen LogP contribution in [-0.2, 0) is 4.79 Å². The minimum atomic E-state index is -0.332. The number of nitrogens with zero attached hydrogens (tertiary/aromatic N) is 1. The van der Waals surface area contributed by atoms with Crippen LogP contribution < -0.4 is 5.73 Å². The molecule has 0 aromatic heterocycles. The molecule has 0 bridgehead atoms. The summed E-state index contributed by atoms with van der Waals surface area (Å²) in [4.78, 5) is 14.0. The van der Waals surface area contributed by atoms with Crippen molar-refractivity contribution in [1.29, 1.82) is 0 Å². The van der Waals surface area contributed by atoms with Gasteiger partial charge in [0.15, 0.2) is 0 Å². The molecule has 2 atom stereocenters. The van der Waals surface area contributed by atoms with E-state index in [9.17, 15) is 4.79 Å². The third kappa shape index (κ3) is 2.06. The largest absolute Gasteiger partial charge is 0.335 e. The molecular weight excluding hydrogens is 196 g/mol. The van der Waals surface area contributed by atoms with Gasteiger partial charge >= 0.3 is 0 Å². The summed E-state index contributed by atoms with van der Waals surface area (Å²) in [6, 6.07) is 0.643. The summed E-state index contributed by atoms with van der Waals surface area (Å²) in [5, 5.41) is 0. The summed E-state index contributed by atoms with van der Waals surface area (Å²) < 4.78 is 0. The summed E-state index contributed by atoms with van der Waals surface area (Å²) in [7, 11) is 0. The molecule has 0 spiro atoms. The standard InChI is InChI=1S/C10H18N2OS/c1-7(11)10(13)12(8-2-3-8)9-4-5-14-6-9/h7-9H,2-6,11H2,1H3/t7-,9-/m1/s1. The molecule has 4 heteroatoms. The maximum atomic E-state index is 11.9. The summed E-state index contributed by atoms with van der Waals surface area (Å²) in [6.45, 7) is 1.79. The van der Waals surface area contributed by atoms with Crippen LogP contribution in [0.1, 0.15) is 26.2 Å². The SMILES string of the molecule is C[C@@H](N)C(=O)N(C1CC1)[C@@H]1CCSC1. The highest BCUT2D eigenvalue weighted by Gasteiger charge is 2.39. The molecule has 1 aliphatic carbocycles. The second-order valence-electron chi connectivity index (χ2n) is 4.28. The Hall–Kier alpha value is -0.220. The van der Waals surface area contributed by atoms with Crippen LogP contribution in [0.3, 0.4) is 0 Å². The fraction of sp³-hybridized carbons (Fsp3) is 0.900. The van der Waals surface area contributed by atoms with Crippen LogP contribution in [0.25, 0.3) is 0 Å². The van der Waals surface area contributed by atoms with Gasteiger partial charge in [-0.25, -0.2) is 0 Å². The zero-order valence-corrected chi connectivity index (χ0v) is 9.43. The van der Waals surface area contributed by atoms with Crippen molar-refractivity contribution in [3.8, 4) is 0 Å². The zero-order chi connectivity index (χ0) is 10.1. The predicted octanol–water partition coefficient (Wildman–Crippen LogP) is 0.830. The number of carbonyl (C=O) groups excluding carboxylic acids is 1. The lowest BCUT2D eigenvalue weighted by Crippen LogP contribution is -2.48. The molecule has 1 heterocycles. The van der Waals surface area contributed by atoms with Gasteiger partial charge in [-0.15, -0.1) is 0 Å². The molecule has 1 aliphatic heterocycles. The van der Waals surface area contributed by atoms with E-state index in [1.165, 1.54) is 18.6 Å². The molecular formula is C10H18N2OS. The van der Waals surface area contributed by atoms with Gasteiger partial charge in [0.25, 0.3) is 0 Å². The predicted molar refractivity (Wildman–Crippen MR) is 59.2 cm³/mol. The average molecular weight is 214 g/mol. The molecule has 1 amide bonds. The van der Waals surface area contributed by atoms with E-state index in [4.69, 9.17) is 5.73 Å². The Morgan fingerprint density at radius 3 is 2.57 bits per heavy atom. The molecule has 0 radical (unpaired) electrons. The van der Waals surface area contributed by atoms with E-state index in [-0.39, 0.29) is 11.9 Å². The first-order chi connectivity index (χ1) is 6.70. The van der Waals surface area contributed by atoms with E-state index in [0.29, 0.717) is 12.1 Å². The number of hydrogen-bond donors (Lipinski definition) is 1. The van der Waals surface area contributed by atoms with Gasteiger partial charge in [0, 0.05) is 17.8 Å². The first kappa shape index (κ1) is 10.3. The van der Waals surface area contributed by atoms with Crippen LogP contribution in [0.2, 0.25) is 0 Å². The van der Waals surface area contributed by atoms with E-state index < -0.39 is 0 Å². The Labute approximate surface area is 89.4 Å². The summed E-state index contributed by atoms with van der Waals surface area (Å²) >= 11 is 1.95. The molecule has 0 aromatic rings. The van der Waals surface area contributed by atoms with Gasteiger partial charge in [-0.05, 0) is 31.9 Å². The lowest BCUT2D eigenvalue weighted by atomic mass is 10.2. The van der Waals surface area contributed by atoms with Crippen molar-refractivity contribution in [2.45, 2.75) is 44.3 Å². The van der Waals surface area contributed by atoms with Crippen LogP contribution in [-0.4, -0.2) is 40.4 Å². The normalized spacial score (nSPS) is 28.9. The van der Waals surface area contributed by atoms with E-state index in [1.807, 2.05) is 11.8 Å². The molecule has 14 heavy (non-hydrogen) atoms. The summed E-state index contributed by atoms with van der Waals surface area (Å²) in [6.07, 6.45) is 3.51. The number of amides is 1. The van der Waals surface area contributed by atoms with Crippen molar-refractivity contribution in [1.82, 2.24) is 4.90 Å². The lowest BCUT2D eigenvalue weighted by molar-refractivity contribution is -0.134. The Bertz CT molecular complexity index is 222. The van der Waals surface area contributed by atoms with E-state index in [2.05, 4.69) is 4.90 Å². The zero-order valence-electron chi connectivity index (χ0n) is 8.61.